The first-order chi connectivity index (χ1) is 7.28. The topological polar surface area (TPSA) is 61.3 Å². The number of aromatic nitrogens is 1. The van der Waals surface area contributed by atoms with Gasteiger partial charge in [-0.25, -0.2) is 4.98 Å². The van der Waals surface area contributed by atoms with E-state index >= 15 is 0 Å². The maximum atomic E-state index is 5.43. The van der Waals surface area contributed by atoms with Crippen molar-refractivity contribution < 1.29 is 9.15 Å². The molecule has 1 heterocycles. The Morgan fingerprint density at radius 3 is 2.60 bits per heavy atom. The largest absolute Gasteiger partial charge is 0.497 e. The highest BCUT2D eigenvalue weighted by molar-refractivity contribution is 5.29. The number of hydrogen-bond donors (Lipinski definition) is 1. The van der Waals surface area contributed by atoms with Gasteiger partial charge in [-0.05, 0) is 17.7 Å². The Bertz CT molecular complexity index is 434. The number of nitrogens with two attached hydrogens (primary N) is 1. The molecule has 0 saturated heterocycles. The standard InChI is InChI=1S/C11H12N2O2/c1-14-9-4-2-8(3-5-9)6-11-13-7-10(12)15-11/h2-5,7H,6,12H2,1H3. The van der Waals surface area contributed by atoms with Crippen molar-refractivity contribution in [3.8, 4) is 5.75 Å². The van der Waals surface area contributed by atoms with Crippen molar-refractivity contribution >= 4 is 5.88 Å². The molecule has 0 aliphatic carbocycles. The molecule has 2 rings (SSSR count). The van der Waals surface area contributed by atoms with Gasteiger partial charge in [0.1, 0.15) is 5.75 Å². The summed E-state index contributed by atoms with van der Waals surface area (Å²) in [5, 5.41) is 0. The molecule has 0 atom stereocenters. The maximum Gasteiger partial charge on any atom is 0.211 e. The summed E-state index contributed by atoms with van der Waals surface area (Å²) in [6.07, 6.45) is 2.15. The molecule has 0 amide bonds. The van der Waals surface area contributed by atoms with E-state index in [2.05, 4.69) is 4.98 Å². The Kier molecular flexibility index (Phi) is 2.58. The molecule has 15 heavy (non-hydrogen) atoms. The van der Waals surface area contributed by atoms with E-state index in [4.69, 9.17) is 14.9 Å². The van der Waals surface area contributed by atoms with Gasteiger partial charge in [0.25, 0.3) is 0 Å². The molecule has 0 radical (unpaired) electrons. The van der Waals surface area contributed by atoms with Crippen molar-refractivity contribution in [3.05, 3.63) is 41.9 Å². The van der Waals surface area contributed by atoms with E-state index in [1.54, 1.807) is 7.11 Å². The number of oxazole rings is 1. The molecule has 1 aromatic heterocycles. The van der Waals surface area contributed by atoms with Gasteiger partial charge < -0.3 is 14.9 Å². The van der Waals surface area contributed by atoms with Gasteiger partial charge in [-0.15, -0.1) is 0 Å². The van der Waals surface area contributed by atoms with Crippen LogP contribution in [-0.2, 0) is 6.42 Å². The van der Waals surface area contributed by atoms with Gasteiger partial charge in [0.2, 0.25) is 11.8 Å². The van der Waals surface area contributed by atoms with Gasteiger partial charge in [0.15, 0.2) is 0 Å². The van der Waals surface area contributed by atoms with Gasteiger partial charge in [0.05, 0.1) is 13.3 Å². The third-order valence-corrected chi connectivity index (χ3v) is 2.09. The van der Waals surface area contributed by atoms with Crippen molar-refractivity contribution in [2.45, 2.75) is 6.42 Å². The fraction of sp³-hybridized carbons (Fsp3) is 0.182. The lowest BCUT2D eigenvalue weighted by atomic mass is 10.1. The molecular formula is C11H12N2O2. The second-order valence-electron chi connectivity index (χ2n) is 3.18. The molecule has 78 valence electrons. The Balaban J connectivity index is 2.11. The number of rotatable bonds is 3. The van der Waals surface area contributed by atoms with Crippen LogP contribution in [0.3, 0.4) is 0 Å². The zero-order chi connectivity index (χ0) is 10.7. The van der Waals surface area contributed by atoms with Crippen LogP contribution in [-0.4, -0.2) is 12.1 Å². The highest BCUT2D eigenvalue weighted by Crippen LogP contribution is 2.15. The van der Waals surface area contributed by atoms with E-state index in [0.29, 0.717) is 18.2 Å². The number of nitrogen functional groups attached to an aromatic ring is 1. The van der Waals surface area contributed by atoms with Crippen molar-refractivity contribution in [1.29, 1.82) is 0 Å². The molecule has 4 heteroatoms. The first-order valence-corrected chi connectivity index (χ1v) is 4.61. The number of methoxy groups -OCH3 is 1. The second-order valence-corrected chi connectivity index (χ2v) is 3.18. The average molecular weight is 204 g/mol. The zero-order valence-electron chi connectivity index (χ0n) is 8.43. The molecule has 0 fully saturated rings. The highest BCUT2D eigenvalue weighted by atomic mass is 16.5. The Labute approximate surface area is 87.7 Å². The number of benzene rings is 1. The molecule has 2 aromatic rings. The van der Waals surface area contributed by atoms with Crippen molar-refractivity contribution in [3.63, 3.8) is 0 Å². The normalized spacial score (nSPS) is 10.2. The minimum atomic E-state index is 0.346. The molecule has 2 N–H and O–H groups in total. The SMILES string of the molecule is COc1ccc(Cc2ncc(N)o2)cc1. The van der Waals surface area contributed by atoms with Crippen LogP contribution in [0.2, 0.25) is 0 Å². The van der Waals surface area contributed by atoms with Gasteiger partial charge >= 0.3 is 0 Å². The minimum Gasteiger partial charge on any atom is -0.497 e. The molecule has 0 aliphatic rings. The average Bonchev–Trinajstić information content (AvgIpc) is 2.65. The summed E-state index contributed by atoms with van der Waals surface area (Å²) in [6.45, 7) is 0. The van der Waals surface area contributed by atoms with E-state index in [9.17, 15) is 0 Å². The Hall–Kier alpha value is -1.97. The Morgan fingerprint density at radius 2 is 2.07 bits per heavy atom. The number of nitrogens with zero attached hydrogens (tertiary/aromatic N) is 1. The number of hydrogen-bond acceptors (Lipinski definition) is 4. The van der Waals surface area contributed by atoms with Crippen molar-refractivity contribution in [2.75, 3.05) is 12.8 Å². The second kappa shape index (κ2) is 4.04. The molecule has 0 aliphatic heterocycles. The van der Waals surface area contributed by atoms with Gasteiger partial charge in [-0.3, -0.25) is 0 Å². The number of ether oxygens (including phenoxy) is 1. The molecule has 4 nitrogen and oxygen atoms in total. The van der Waals surface area contributed by atoms with Crippen LogP contribution in [0.15, 0.2) is 34.9 Å². The summed E-state index contributed by atoms with van der Waals surface area (Å²) in [5.41, 5.74) is 6.54. The van der Waals surface area contributed by atoms with E-state index in [1.807, 2.05) is 24.3 Å². The summed E-state index contributed by atoms with van der Waals surface area (Å²) < 4.78 is 10.2. The molecule has 0 unspecified atom stereocenters. The zero-order valence-corrected chi connectivity index (χ0v) is 8.43. The van der Waals surface area contributed by atoms with Crippen LogP contribution in [0, 0.1) is 0 Å². The molecule has 0 saturated carbocycles. The van der Waals surface area contributed by atoms with Crippen LogP contribution in [0.5, 0.6) is 5.75 Å². The monoisotopic (exact) mass is 204 g/mol. The lowest BCUT2D eigenvalue weighted by Crippen LogP contribution is -1.88. The lowest BCUT2D eigenvalue weighted by molar-refractivity contribution is 0.414. The van der Waals surface area contributed by atoms with Crippen molar-refractivity contribution in [1.82, 2.24) is 4.98 Å². The highest BCUT2D eigenvalue weighted by Gasteiger charge is 2.02. The summed E-state index contributed by atoms with van der Waals surface area (Å²) in [4.78, 5) is 4.03. The fourth-order valence-corrected chi connectivity index (χ4v) is 1.32. The number of anilines is 1. The van der Waals surface area contributed by atoms with Crippen LogP contribution >= 0.6 is 0 Å². The Morgan fingerprint density at radius 1 is 1.33 bits per heavy atom. The van der Waals surface area contributed by atoms with Crippen LogP contribution in [0.4, 0.5) is 5.88 Å². The quantitative estimate of drug-likeness (QED) is 0.828. The maximum absolute atomic E-state index is 5.43. The van der Waals surface area contributed by atoms with Crippen LogP contribution in [0.25, 0.3) is 0 Å². The fourth-order valence-electron chi connectivity index (χ4n) is 1.32. The summed E-state index contributed by atoms with van der Waals surface area (Å²) in [7, 11) is 1.64. The minimum absolute atomic E-state index is 0.346. The molecule has 1 aromatic carbocycles. The van der Waals surface area contributed by atoms with Crippen molar-refractivity contribution in [2.24, 2.45) is 0 Å². The first-order valence-electron chi connectivity index (χ1n) is 4.61. The van der Waals surface area contributed by atoms with Gasteiger partial charge in [-0.1, -0.05) is 12.1 Å². The molecule has 0 bridgehead atoms. The van der Waals surface area contributed by atoms with Crippen LogP contribution in [0.1, 0.15) is 11.5 Å². The predicted octanol–water partition coefficient (Wildman–Crippen LogP) is 1.86. The van der Waals surface area contributed by atoms with E-state index in [0.717, 1.165) is 11.3 Å². The summed E-state index contributed by atoms with van der Waals surface area (Å²) >= 11 is 0. The van der Waals surface area contributed by atoms with Gasteiger partial charge in [0, 0.05) is 6.42 Å². The van der Waals surface area contributed by atoms with Gasteiger partial charge in [-0.2, -0.15) is 0 Å². The first kappa shape index (κ1) is 9.58. The third kappa shape index (κ3) is 2.28. The predicted molar refractivity (Wildman–Crippen MR) is 56.7 cm³/mol. The summed E-state index contributed by atoms with van der Waals surface area (Å²) in [5.74, 6) is 1.81. The van der Waals surface area contributed by atoms with E-state index in [1.165, 1.54) is 6.20 Å². The van der Waals surface area contributed by atoms with E-state index < -0.39 is 0 Å². The molecule has 0 spiro atoms. The summed E-state index contributed by atoms with van der Waals surface area (Å²) in [6, 6.07) is 7.75. The molecular weight excluding hydrogens is 192 g/mol. The lowest BCUT2D eigenvalue weighted by Gasteiger charge is -2.00. The van der Waals surface area contributed by atoms with Crippen LogP contribution < -0.4 is 10.5 Å². The third-order valence-electron chi connectivity index (χ3n) is 2.09. The van der Waals surface area contributed by atoms with E-state index in [-0.39, 0.29) is 0 Å². The smallest absolute Gasteiger partial charge is 0.211 e.